The molecule has 0 amide bonds. The Kier molecular flexibility index (Phi) is 4.46. The zero-order chi connectivity index (χ0) is 13.8. The van der Waals surface area contributed by atoms with Crippen LogP contribution >= 0.6 is 23.2 Å². The van der Waals surface area contributed by atoms with E-state index in [-0.39, 0.29) is 0 Å². The SMILES string of the molecule is CC(=NN(C)c1ccccc1)c1c(Cl)cccc1Cl. The number of rotatable bonds is 3. The minimum Gasteiger partial charge on any atom is -0.268 e. The molecule has 0 aliphatic heterocycles. The largest absolute Gasteiger partial charge is 0.268 e. The summed E-state index contributed by atoms with van der Waals surface area (Å²) in [6.07, 6.45) is 0. The van der Waals surface area contributed by atoms with Crippen molar-refractivity contribution in [3.05, 3.63) is 64.1 Å². The van der Waals surface area contributed by atoms with Crippen molar-refractivity contribution in [3.8, 4) is 0 Å². The highest BCUT2D eigenvalue weighted by Gasteiger charge is 2.09. The Morgan fingerprint density at radius 1 is 0.947 bits per heavy atom. The molecule has 2 aromatic rings. The van der Waals surface area contributed by atoms with Gasteiger partial charge in [0.05, 0.1) is 21.4 Å². The first-order valence-corrected chi connectivity index (χ1v) is 6.63. The van der Waals surface area contributed by atoms with Gasteiger partial charge in [0, 0.05) is 12.6 Å². The van der Waals surface area contributed by atoms with E-state index in [0.717, 1.165) is 17.0 Å². The van der Waals surface area contributed by atoms with E-state index >= 15 is 0 Å². The van der Waals surface area contributed by atoms with E-state index in [1.165, 1.54) is 0 Å². The summed E-state index contributed by atoms with van der Waals surface area (Å²) in [6.45, 7) is 1.90. The van der Waals surface area contributed by atoms with Crippen molar-refractivity contribution >= 4 is 34.6 Å². The molecule has 2 aromatic carbocycles. The fraction of sp³-hybridized carbons (Fsp3) is 0.133. The summed E-state index contributed by atoms with van der Waals surface area (Å²) in [4.78, 5) is 0. The Hall–Kier alpha value is -1.51. The number of hydrazone groups is 1. The van der Waals surface area contributed by atoms with Gasteiger partial charge in [-0.3, -0.25) is 5.01 Å². The lowest BCUT2D eigenvalue weighted by molar-refractivity contribution is 1.01. The minimum absolute atomic E-state index is 0.607. The van der Waals surface area contributed by atoms with Crippen LogP contribution in [-0.4, -0.2) is 12.8 Å². The summed E-state index contributed by atoms with van der Waals surface area (Å²) < 4.78 is 0. The maximum Gasteiger partial charge on any atom is 0.0680 e. The molecule has 0 fully saturated rings. The molecule has 2 nitrogen and oxygen atoms in total. The standard InChI is InChI=1S/C15H14Cl2N2/c1-11(15-13(16)9-6-10-14(15)17)18-19(2)12-7-4-3-5-8-12/h3-10H,1-2H3. The summed E-state index contributed by atoms with van der Waals surface area (Å²) in [5, 5.41) is 7.53. The van der Waals surface area contributed by atoms with E-state index in [1.54, 1.807) is 5.01 Å². The second-order valence-corrected chi connectivity index (χ2v) is 4.96. The molecule has 0 radical (unpaired) electrons. The monoisotopic (exact) mass is 292 g/mol. The number of nitrogens with zero attached hydrogens (tertiary/aromatic N) is 2. The Balaban J connectivity index is 2.34. The fourth-order valence-corrected chi connectivity index (χ4v) is 2.49. The molecule has 0 atom stereocenters. The van der Waals surface area contributed by atoms with Crippen LogP contribution in [0.2, 0.25) is 10.0 Å². The van der Waals surface area contributed by atoms with E-state index in [2.05, 4.69) is 5.10 Å². The number of hydrogen-bond donors (Lipinski definition) is 0. The van der Waals surface area contributed by atoms with E-state index in [1.807, 2.05) is 62.5 Å². The first-order chi connectivity index (χ1) is 9.09. The highest BCUT2D eigenvalue weighted by molar-refractivity contribution is 6.40. The van der Waals surface area contributed by atoms with Crippen LogP contribution in [-0.2, 0) is 0 Å². The van der Waals surface area contributed by atoms with Crippen LogP contribution in [0.4, 0.5) is 5.69 Å². The summed E-state index contributed by atoms with van der Waals surface area (Å²) in [6, 6.07) is 15.3. The van der Waals surface area contributed by atoms with Crippen LogP contribution in [0.5, 0.6) is 0 Å². The average Bonchev–Trinajstić information content (AvgIpc) is 2.39. The van der Waals surface area contributed by atoms with Crippen molar-refractivity contribution in [3.63, 3.8) is 0 Å². The van der Waals surface area contributed by atoms with Crippen LogP contribution in [0.15, 0.2) is 53.6 Å². The molecule has 0 unspecified atom stereocenters. The first-order valence-electron chi connectivity index (χ1n) is 5.88. The van der Waals surface area contributed by atoms with Crippen molar-refractivity contribution in [1.29, 1.82) is 0 Å². The Labute approximate surface area is 123 Å². The van der Waals surface area contributed by atoms with E-state index in [4.69, 9.17) is 23.2 Å². The molecular formula is C15H14Cl2N2. The molecule has 0 aromatic heterocycles. The lowest BCUT2D eigenvalue weighted by Gasteiger charge is -2.15. The van der Waals surface area contributed by atoms with Gasteiger partial charge in [0.25, 0.3) is 0 Å². The molecule has 4 heteroatoms. The van der Waals surface area contributed by atoms with Crippen LogP contribution in [0, 0.1) is 0 Å². The third-order valence-corrected chi connectivity index (χ3v) is 3.38. The van der Waals surface area contributed by atoms with Gasteiger partial charge < -0.3 is 0 Å². The second kappa shape index (κ2) is 6.09. The third-order valence-electron chi connectivity index (χ3n) is 2.75. The number of halogens is 2. The minimum atomic E-state index is 0.607. The summed E-state index contributed by atoms with van der Waals surface area (Å²) >= 11 is 12.3. The van der Waals surface area contributed by atoms with Crippen molar-refractivity contribution in [1.82, 2.24) is 0 Å². The molecule has 2 rings (SSSR count). The first kappa shape index (κ1) is 13.9. The van der Waals surface area contributed by atoms with Crippen LogP contribution in [0.25, 0.3) is 0 Å². The number of hydrogen-bond acceptors (Lipinski definition) is 2. The van der Waals surface area contributed by atoms with Crippen molar-refractivity contribution in [2.75, 3.05) is 12.1 Å². The normalized spacial score (nSPS) is 11.5. The fourth-order valence-electron chi connectivity index (χ4n) is 1.82. The molecule has 0 N–H and O–H groups in total. The Bertz CT molecular complexity index is 574. The van der Waals surface area contributed by atoms with E-state index in [0.29, 0.717) is 10.0 Å². The van der Waals surface area contributed by atoms with Gasteiger partial charge >= 0.3 is 0 Å². The zero-order valence-electron chi connectivity index (χ0n) is 10.8. The van der Waals surface area contributed by atoms with E-state index in [9.17, 15) is 0 Å². The Morgan fingerprint density at radius 3 is 2.11 bits per heavy atom. The zero-order valence-corrected chi connectivity index (χ0v) is 12.3. The molecule has 0 saturated heterocycles. The van der Waals surface area contributed by atoms with Crippen LogP contribution in [0.1, 0.15) is 12.5 Å². The number of anilines is 1. The van der Waals surface area contributed by atoms with Crippen LogP contribution < -0.4 is 5.01 Å². The maximum absolute atomic E-state index is 6.17. The predicted molar refractivity (Wildman–Crippen MR) is 83.5 cm³/mol. The van der Waals surface area contributed by atoms with Crippen molar-refractivity contribution < 1.29 is 0 Å². The molecule has 0 spiro atoms. The molecule has 0 saturated carbocycles. The highest BCUT2D eigenvalue weighted by atomic mass is 35.5. The van der Waals surface area contributed by atoms with Gasteiger partial charge in [0.15, 0.2) is 0 Å². The van der Waals surface area contributed by atoms with E-state index < -0.39 is 0 Å². The molecule has 0 aliphatic rings. The van der Waals surface area contributed by atoms with Gasteiger partial charge in [-0.2, -0.15) is 5.10 Å². The highest BCUT2D eigenvalue weighted by Crippen LogP contribution is 2.25. The van der Waals surface area contributed by atoms with Gasteiger partial charge in [0.2, 0.25) is 0 Å². The van der Waals surface area contributed by atoms with Gasteiger partial charge in [-0.1, -0.05) is 47.5 Å². The molecule has 0 heterocycles. The average molecular weight is 293 g/mol. The number of para-hydroxylation sites is 1. The molecule has 19 heavy (non-hydrogen) atoms. The topological polar surface area (TPSA) is 15.6 Å². The van der Waals surface area contributed by atoms with Crippen molar-refractivity contribution in [2.24, 2.45) is 5.10 Å². The maximum atomic E-state index is 6.17. The molecule has 98 valence electrons. The van der Waals surface area contributed by atoms with Gasteiger partial charge in [-0.15, -0.1) is 0 Å². The molecular weight excluding hydrogens is 279 g/mol. The van der Waals surface area contributed by atoms with Gasteiger partial charge in [-0.25, -0.2) is 0 Å². The third kappa shape index (κ3) is 3.28. The van der Waals surface area contributed by atoms with Gasteiger partial charge in [0.1, 0.15) is 0 Å². The predicted octanol–water partition coefficient (Wildman–Crippen LogP) is 4.85. The second-order valence-electron chi connectivity index (χ2n) is 4.14. The number of benzene rings is 2. The quantitative estimate of drug-likeness (QED) is 0.583. The molecule has 0 aliphatic carbocycles. The lowest BCUT2D eigenvalue weighted by atomic mass is 10.1. The molecule has 0 bridgehead atoms. The summed E-state index contributed by atoms with van der Waals surface area (Å²) in [5.74, 6) is 0. The van der Waals surface area contributed by atoms with Crippen molar-refractivity contribution in [2.45, 2.75) is 6.92 Å². The smallest absolute Gasteiger partial charge is 0.0680 e. The summed E-state index contributed by atoms with van der Waals surface area (Å²) in [5.41, 5.74) is 2.56. The summed E-state index contributed by atoms with van der Waals surface area (Å²) in [7, 11) is 1.89. The lowest BCUT2D eigenvalue weighted by Crippen LogP contribution is -2.12. The van der Waals surface area contributed by atoms with Gasteiger partial charge in [-0.05, 0) is 31.2 Å². The van der Waals surface area contributed by atoms with Crippen LogP contribution in [0.3, 0.4) is 0 Å². The Morgan fingerprint density at radius 2 is 1.53 bits per heavy atom.